The molecule has 0 amide bonds. The second-order valence-electron chi connectivity index (χ2n) is 4.83. The molecule has 1 heterocycles. The highest BCUT2D eigenvalue weighted by Gasteiger charge is 2.40. The van der Waals surface area contributed by atoms with E-state index >= 15 is 0 Å². The van der Waals surface area contributed by atoms with Gasteiger partial charge in [-0.3, -0.25) is 0 Å². The van der Waals surface area contributed by atoms with Gasteiger partial charge in [0.2, 0.25) is 0 Å². The van der Waals surface area contributed by atoms with Gasteiger partial charge in [-0.1, -0.05) is 19.1 Å². The van der Waals surface area contributed by atoms with E-state index in [1.54, 1.807) is 0 Å². The molecule has 0 aromatic rings. The standard InChI is InChI=1S/C14H26O5/c1-2-3-4-5-6-7-8-18-14-12(17)10-19-13(14)11(16)9-15/h3-4,11-17H,2,5-10H2,1H3/b4-3+/t11-,12+,13-,14-/m0/s1. The summed E-state index contributed by atoms with van der Waals surface area (Å²) in [7, 11) is 0. The van der Waals surface area contributed by atoms with Crippen LogP contribution in [0.15, 0.2) is 12.2 Å². The van der Waals surface area contributed by atoms with E-state index in [4.69, 9.17) is 14.6 Å². The molecule has 1 fully saturated rings. The normalized spacial score (nSPS) is 29.2. The van der Waals surface area contributed by atoms with E-state index in [-0.39, 0.29) is 13.2 Å². The Bertz CT molecular complexity index is 256. The van der Waals surface area contributed by atoms with Gasteiger partial charge in [-0.25, -0.2) is 0 Å². The van der Waals surface area contributed by atoms with Crippen LogP contribution in [0.25, 0.3) is 0 Å². The second kappa shape index (κ2) is 9.44. The summed E-state index contributed by atoms with van der Waals surface area (Å²) >= 11 is 0. The fourth-order valence-electron chi connectivity index (χ4n) is 2.13. The third-order valence-electron chi connectivity index (χ3n) is 3.21. The van der Waals surface area contributed by atoms with E-state index in [2.05, 4.69) is 19.1 Å². The number of hydrogen-bond donors (Lipinski definition) is 3. The van der Waals surface area contributed by atoms with Crippen molar-refractivity contribution in [3.63, 3.8) is 0 Å². The molecule has 0 aliphatic carbocycles. The lowest BCUT2D eigenvalue weighted by Gasteiger charge is -2.23. The van der Waals surface area contributed by atoms with E-state index in [1.807, 2.05) is 0 Å². The number of hydrogen-bond acceptors (Lipinski definition) is 5. The van der Waals surface area contributed by atoms with Crippen LogP contribution in [0.3, 0.4) is 0 Å². The van der Waals surface area contributed by atoms with Gasteiger partial charge in [0.05, 0.1) is 13.2 Å². The molecule has 1 rings (SSSR count). The van der Waals surface area contributed by atoms with Gasteiger partial charge in [-0.2, -0.15) is 0 Å². The monoisotopic (exact) mass is 274 g/mol. The van der Waals surface area contributed by atoms with Crippen molar-refractivity contribution in [1.82, 2.24) is 0 Å². The molecule has 5 heteroatoms. The first-order valence-corrected chi connectivity index (χ1v) is 7.05. The van der Waals surface area contributed by atoms with E-state index in [9.17, 15) is 10.2 Å². The van der Waals surface area contributed by atoms with Crippen molar-refractivity contribution in [3.05, 3.63) is 12.2 Å². The zero-order chi connectivity index (χ0) is 14.1. The van der Waals surface area contributed by atoms with Crippen LogP contribution in [0, 0.1) is 0 Å². The fourth-order valence-corrected chi connectivity index (χ4v) is 2.13. The van der Waals surface area contributed by atoms with Gasteiger partial charge in [-0.05, 0) is 25.7 Å². The Morgan fingerprint density at radius 3 is 2.84 bits per heavy atom. The van der Waals surface area contributed by atoms with Crippen molar-refractivity contribution < 1.29 is 24.8 Å². The van der Waals surface area contributed by atoms with Crippen LogP contribution in [0.1, 0.15) is 32.6 Å². The Morgan fingerprint density at radius 2 is 2.16 bits per heavy atom. The van der Waals surface area contributed by atoms with Gasteiger partial charge in [0.1, 0.15) is 24.4 Å². The van der Waals surface area contributed by atoms with Gasteiger partial charge in [0.15, 0.2) is 0 Å². The van der Waals surface area contributed by atoms with Crippen molar-refractivity contribution in [2.45, 2.75) is 57.0 Å². The molecule has 1 aliphatic rings. The lowest BCUT2D eigenvalue weighted by molar-refractivity contribution is -0.0937. The molecule has 0 aromatic carbocycles. The quantitative estimate of drug-likeness (QED) is 0.424. The average Bonchev–Trinajstić information content (AvgIpc) is 2.78. The molecular formula is C14H26O5. The van der Waals surface area contributed by atoms with Crippen molar-refractivity contribution in [1.29, 1.82) is 0 Å². The minimum absolute atomic E-state index is 0.144. The van der Waals surface area contributed by atoms with Crippen LogP contribution < -0.4 is 0 Å². The molecule has 0 bridgehead atoms. The van der Waals surface area contributed by atoms with Crippen molar-refractivity contribution in [2.75, 3.05) is 19.8 Å². The zero-order valence-electron chi connectivity index (χ0n) is 11.6. The van der Waals surface area contributed by atoms with E-state index in [1.165, 1.54) is 0 Å². The highest BCUT2D eigenvalue weighted by molar-refractivity contribution is 4.89. The van der Waals surface area contributed by atoms with Gasteiger partial charge >= 0.3 is 0 Å². The molecular weight excluding hydrogens is 248 g/mol. The molecule has 0 radical (unpaired) electrons. The zero-order valence-corrected chi connectivity index (χ0v) is 11.6. The number of rotatable bonds is 9. The van der Waals surface area contributed by atoms with Crippen molar-refractivity contribution in [3.8, 4) is 0 Å². The van der Waals surface area contributed by atoms with Gasteiger partial charge in [0.25, 0.3) is 0 Å². The molecule has 0 unspecified atom stereocenters. The maximum Gasteiger partial charge on any atom is 0.114 e. The minimum Gasteiger partial charge on any atom is -0.394 e. The molecule has 5 nitrogen and oxygen atoms in total. The Morgan fingerprint density at radius 1 is 1.37 bits per heavy atom. The van der Waals surface area contributed by atoms with Crippen LogP contribution in [-0.4, -0.2) is 59.6 Å². The Hall–Kier alpha value is -0.460. The molecule has 1 saturated heterocycles. The summed E-state index contributed by atoms with van der Waals surface area (Å²) in [6.07, 6.45) is 5.41. The van der Waals surface area contributed by atoms with Gasteiger partial charge < -0.3 is 24.8 Å². The van der Waals surface area contributed by atoms with Crippen LogP contribution in [0.2, 0.25) is 0 Å². The molecule has 4 atom stereocenters. The number of allylic oxidation sites excluding steroid dienone is 2. The van der Waals surface area contributed by atoms with Crippen molar-refractivity contribution in [2.24, 2.45) is 0 Å². The lowest BCUT2D eigenvalue weighted by Crippen LogP contribution is -2.42. The third kappa shape index (κ3) is 5.58. The maximum atomic E-state index is 9.72. The molecule has 1 aliphatic heterocycles. The molecule has 3 N–H and O–H groups in total. The Kier molecular flexibility index (Phi) is 8.25. The summed E-state index contributed by atoms with van der Waals surface area (Å²) < 4.78 is 10.8. The van der Waals surface area contributed by atoms with Crippen molar-refractivity contribution >= 4 is 0 Å². The van der Waals surface area contributed by atoms with E-state index in [0.29, 0.717) is 6.61 Å². The minimum atomic E-state index is -1.00. The van der Waals surface area contributed by atoms with Gasteiger partial charge in [0, 0.05) is 6.61 Å². The first-order valence-electron chi connectivity index (χ1n) is 7.05. The first kappa shape index (κ1) is 16.6. The Balaban J connectivity index is 2.20. The summed E-state index contributed by atoms with van der Waals surface area (Å²) in [5.41, 5.74) is 0. The molecule has 19 heavy (non-hydrogen) atoms. The molecule has 0 aromatic heterocycles. The van der Waals surface area contributed by atoms with Crippen LogP contribution in [-0.2, 0) is 9.47 Å². The highest BCUT2D eigenvalue weighted by atomic mass is 16.6. The van der Waals surface area contributed by atoms with Crippen LogP contribution in [0.4, 0.5) is 0 Å². The summed E-state index contributed by atoms with van der Waals surface area (Å²) in [6, 6.07) is 0. The van der Waals surface area contributed by atoms with Gasteiger partial charge in [-0.15, -0.1) is 0 Å². The third-order valence-corrected chi connectivity index (χ3v) is 3.21. The maximum absolute atomic E-state index is 9.72. The number of aliphatic hydroxyl groups excluding tert-OH is 3. The highest BCUT2D eigenvalue weighted by Crippen LogP contribution is 2.21. The summed E-state index contributed by atoms with van der Waals surface area (Å²) in [5.74, 6) is 0. The van der Waals surface area contributed by atoms with Crippen LogP contribution in [0.5, 0.6) is 0 Å². The number of unbranched alkanes of at least 4 members (excludes halogenated alkanes) is 2. The van der Waals surface area contributed by atoms with E-state index < -0.39 is 24.4 Å². The SMILES string of the molecule is CC/C=C/CCCCO[C@@H]1[C@H]([C@@H](O)CO)OC[C@H]1O. The first-order chi connectivity index (χ1) is 9.20. The largest absolute Gasteiger partial charge is 0.394 e. The fraction of sp³-hybridized carbons (Fsp3) is 0.857. The predicted molar refractivity (Wildman–Crippen MR) is 71.9 cm³/mol. The Labute approximate surface area is 114 Å². The molecule has 0 saturated carbocycles. The van der Waals surface area contributed by atoms with Crippen LogP contribution >= 0.6 is 0 Å². The second-order valence-corrected chi connectivity index (χ2v) is 4.83. The lowest BCUT2D eigenvalue weighted by atomic mass is 10.1. The predicted octanol–water partition coefficient (Wildman–Crippen LogP) is 0.621. The summed E-state index contributed by atoms with van der Waals surface area (Å²) in [5, 5.41) is 28.2. The molecule has 0 spiro atoms. The smallest absolute Gasteiger partial charge is 0.114 e. The number of ether oxygens (including phenoxy) is 2. The topological polar surface area (TPSA) is 79.2 Å². The van der Waals surface area contributed by atoms with E-state index in [0.717, 1.165) is 25.7 Å². The number of aliphatic hydroxyl groups is 3. The summed E-state index contributed by atoms with van der Waals surface area (Å²) in [6.45, 7) is 2.39. The average molecular weight is 274 g/mol. The summed E-state index contributed by atoms with van der Waals surface area (Å²) in [4.78, 5) is 0. The molecule has 112 valence electrons.